The maximum Gasteiger partial charge on any atom is 0.303 e. The van der Waals surface area contributed by atoms with Gasteiger partial charge in [0, 0.05) is 19.5 Å². The van der Waals surface area contributed by atoms with Crippen molar-refractivity contribution in [3.63, 3.8) is 0 Å². The summed E-state index contributed by atoms with van der Waals surface area (Å²) in [5.41, 5.74) is -0.126. The summed E-state index contributed by atoms with van der Waals surface area (Å²) in [5, 5.41) is 18.5. The van der Waals surface area contributed by atoms with E-state index in [1.54, 1.807) is 12.1 Å². The number of aliphatic hydroxyl groups is 1. The van der Waals surface area contributed by atoms with Crippen molar-refractivity contribution < 1.29 is 23.4 Å². The molecule has 0 radical (unpaired) electrons. The number of β-amino-alcohol motifs (C(OH)–C–C–N with tert-alkyl or cyclic N) is 1. The first-order chi connectivity index (χ1) is 9.77. The number of rotatable bonds is 6. The van der Waals surface area contributed by atoms with E-state index in [2.05, 4.69) is 0 Å². The van der Waals surface area contributed by atoms with Gasteiger partial charge in [-0.15, -0.1) is 0 Å². The topological polar surface area (TPSA) is 94.9 Å². The van der Waals surface area contributed by atoms with Crippen molar-refractivity contribution in [2.24, 2.45) is 0 Å². The Morgan fingerprint density at radius 2 is 1.86 bits per heavy atom. The van der Waals surface area contributed by atoms with Gasteiger partial charge in [0.1, 0.15) is 0 Å². The molecule has 0 aliphatic carbocycles. The van der Waals surface area contributed by atoms with Gasteiger partial charge in [-0.05, 0) is 30.5 Å². The van der Waals surface area contributed by atoms with Gasteiger partial charge in [-0.25, -0.2) is 8.42 Å². The van der Waals surface area contributed by atoms with Crippen LogP contribution in [0.5, 0.6) is 0 Å². The van der Waals surface area contributed by atoms with E-state index in [4.69, 9.17) is 5.11 Å². The van der Waals surface area contributed by atoms with Crippen molar-refractivity contribution >= 4 is 16.0 Å². The molecule has 1 aromatic rings. The van der Waals surface area contributed by atoms with E-state index in [0.29, 0.717) is 12.8 Å². The van der Waals surface area contributed by atoms with E-state index in [1.165, 1.54) is 16.4 Å². The quantitative estimate of drug-likeness (QED) is 0.812. The lowest BCUT2D eigenvalue weighted by molar-refractivity contribution is -0.136. The van der Waals surface area contributed by atoms with Crippen LogP contribution in [0.3, 0.4) is 0 Å². The minimum Gasteiger partial charge on any atom is -0.481 e. The highest BCUT2D eigenvalue weighted by atomic mass is 32.2. The monoisotopic (exact) mass is 313 g/mol. The van der Waals surface area contributed by atoms with Crippen LogP contribution in [0.15, 0.2) is 29.2 Å². The van der Waals surface area contributed by atoms with Crippen LogP contribution in [0.4, 0.5) is 0 Å². The zero-order valence-corrected chi connectivity index (χ0v) is 12.6. The lowest BCUT2D eigenvalue weighted by Crippen LogP contribution is -2.62. The molecule has 1 aliphatic heterocycles. The third kappa shape index (κ3) is 3.42. The zero-order chi connectivity index (χ0) is 15.7. The van der Waals surface area contributed by atoms with Crippen LogP contribution in [0.1, 0.15) is 25.3 Å². The number of carboxylic acid groups (broad SMARTS) is 1. The third-order valence-electron chi connectivity index (χ3n) is 3.79. The summed E-state index contributed by atoms with van der Waals surface area (Å²) in [6.45, 7) is 2.06. The number of carboxylic acids is 1. The van der Waals surface area contributed by atoms with Gasteiger partial charge in [0.05, 0.1) is 10.5 Å². The summed E-state index contributed by atoms with van der Waals surface area (Å²) in [6, 6.07) is 6.22. The van der Waals surface area contributed by atoms with Crippen molar-refractivity contribution in [2.75, 3.05) is 13.1 Å². The molecule has 1 aromatic carbocycles. The minimum absolute atomic E-state index is 0.0156. The number of benzene rings is 1. The number of sulfonamides is 1. The van der Waals surface area contributed by atoms with Crippen LogP contribution in [-0.4, -0.2) is 47.6 Å². The fraction of sp³-hybridized carbons (Fsp3) is 0.500. The molecule has 2 rings (SSSR count). The van der Waals surface area contributed by atoms with Crippen LogP contribution in [0, 0.1) is 0 Å². The highest BCUT2D eigenvalue weighted by Gasteiger charge is 2.45. The Hall–Kier alpha value is -1.44. The van der Waals surface area contributed by atoms with Gasteiger partial charge in [-0.1, -0.05) is 19.1 Å². The number of nitrogens with zero attached hydrogens (tertiary/aromatic N) is 1. The van der Waals surface area contributed by atoms with Gasteiger partial charge in [-0.3, -0.25) is 4.79 Å². The smallest absolute Gasteiger partial charge is 0.303 e. The van der Waals surface area contributed by atoms with Gasteiger partial charge in [0.25, 0.3) is 0 Å². The van der Waals surface area contributed by atoms with Crippen molar-refractivity contribution in [1.29, 1.82) is 0 Å². The van der Waals surface area contributed by atoms with Crippen molar-refractivity contribution in [2.45, 2.75) is 36.7 Å². The highest BCUT2D eigenvalue weighted by Crippen LogP contribution is 2.30. The fourth-order valence-electron chi connectivity index (χ4n) is 2.23. The number of hydrogen-bond donors (Lipinski definition) is 2. The molecule has 0 atom stereocenters. The molecule has 0 unspecified atom stereocenters. The molecule has 0 amide bonds. The maximum absolute atomic E-state index is 12.3. The molecule has 0 spiro atoms. The van der Waals surface area contributed by atoms with Gasteiger partial charge in [0.15, 0.2) is 0 Å². The lowest BCUT2D eigenvalue weighted by Gasteiger charge is -2.44. The summed E-state index contributed by atoms with van der Waals surface area (Å²) in [6.07, 6.45) is 0.907. The molecule has 6 nitrogen and oxygen atoms in total. The predicted molar refractivity (Wildman–Crippen MR) is 76.4 cm³/mol. The van der Waals surface area contributed by atoms with Gasteiger partial charge < -0.3 is 10.2 Å². The lowest BCUT2D eigenvalue weighted by atomic mass is 9.94. The van der Waals surface area contributed by atoms with Gasteiger partial charge in [-0.2, -0.15) is 4.31 Å². The summed E-state index contributed by atoms with van der Waals surface area (Å²) < 4.78 is 25.9. The minimum atomic E-state index is -3.57. The predicted octanol–water partition coefficient (Wildman–Crippen LogP) is 0.849. The van der Waals surface area contributed by atoms with E-state index in [1.807, 2.05) is 6.92 Å². The molecule has 21 heavy (non-hydrogen) atoms. The molecule has 116 valence electrons. The Morgan fingerprint density at radius 1 is 1.29 bits per heavy atom. The standard InChI is InChI=1S/C14H19NO5S/c1-2-14(18)9-15(10-14)21(19,20)12-6-3-11(4-7-12)5-8-13(16)17/h3-4,6-7,18H,2,5,8-10H2,1H3,(H,16,17). The molecule has 0 saturated carbocycles. The first kappa shape index (κ1) is 15.9. The first-order valence-corrected chi connectivity index (χ1v) is 8.24. The summed E-state index contributed by atoms with van der Waals surface area (Å²) in [7, 11) is -3.57. The van der Waals surface area contributed by atoms with Crippen LogP contribution in [-0.2, 0) is 21.2 Å². The average molecular weight is 313 g/mol. The first-order valence-electron chi connectivity index (χ1n) is 6.80. The Balaban J connectivity index is 2.06. The van der Waals surface area contributed by atoms with Crippen LogP contribution >= 0.6 is 0 Å². The van der Waals surface area contributed by atoms with Crippen LogP contribution < -0.4 is 0 Å². The Bertz CT molecular complexity index is 617. The SMILES string of the molecule is CCC1(O)CN(S(=O)(=O)c2ccc(CCC(=O)O)cc2)C1. The summed E-state index contributed by atoms with van der Waals surface area (Å²) in [4.78, 5) is 10.7. The Labute approximate surface area is 124 Å². The van der Waals surface area contributed by atoms with Gasteiger partial charge in [0.2, 0.25) is 10.0 Å². The largest absolute Gasteiger partial charge is 0.481 e. The molecule has 1 fully saturated rings. The average Bonchev–Trinajstić information content (AvgIpc) is 2.42. The summed E-state index contributed by atoms with van der Waals surface area (Å²) in [5.74, 6) is -0.883. The van der Waals surface area contributed by atoms with Crippen molar-refractivity contribution in [3.8, 4) is 0 Å². The van der Waals surface area contributed by atoms with Crippen LogP contribution in [0.2, 0.25) is 0 Å². The molecule has 0 aromatic heterocycles. The second-order valence-corrected chi connectivity index (χ2v) is 7.33. The summed E-state index contributed by atoms with van der Waals surface area (Å²) >= 11 is 0. The van der Waals surface area contributed by atoms with E-state index >= 15 is 0 Å². The molecule has 1 aliphatic rings. The number of hydrogen-bond acceptors (Lipinski definition) is 4. The normalized spacial score (nSPS) is 18.2. The van der Waals surface area contributed by atoms with Gasteiger partial charge >= 0.3 is 5.97 Å². The van der Waals surface area contributed by atoms with E-state index in [0.717, 1.165) is 5.56 Å². The number of aliphatic carboxylic acids is 1. The van der Waals surface area contributed by atoms with E-state index in [-0.39, 0.29) is 24.4 Å². The fourth-order valence-corrected chi connectivity index (χ4v) is 3.83. The van der Waals surface area contributed by atoms with Crippen molar-refractivity contribution in [1.82, 2.24) is 4.31 Å². The molecule has 2 N–H and O–H groups in total. The molecule has 7 heteroatoms. The second-order valence-electron chi connectivity index (χ2n) is 5.39. The zero-order valence-electron chi connectivity index (χ0n) is 11.8. The molecule has 1 saturated heterocycles. The van der Waals surface area contributed by atoms with E-state index < -0.39 is 21.6 Å². The molecular weight excluding hydrogens is 294 g/mol. The van der Waals surface area contributed by atoms with Crippen molar-refractivity contribution in [3.05, 3.63) is 29.8 Å². The number of carbonyl (C=O) groups is 1. The van der Waals surface area contributed by atoms with Crippen LogP contribution in [0.25, 0.3) is 0 Å². The third-order valence-corrected chi connectivity index (χ3v) is 5.59. The van der Waals surface area contributed by atoms with E-state index in [9.17, 15) is 18.3 Å². The second kappa shape index (κ2) is 5.75. The molecular formula is C14H19NO5S. The molecule has 0 bridgehead atoms. The Kier molecular flexibility index (Phi) is 4.36. The Morgan fingerprint density at radius 3 is 2.33 bits per heavy atom. The highest BCUT2D eigenvalue weighted by molar-refractivity contribution is 7.89. The number of aryl methyl sites for hydroxylation is 1. The molecule has 1 heterocycles. The maximum atomic E-state index is 12.3.